The van der Waals surface area contributed by atoms with Gasteiger partial charge in [0.05, 0.1) is 11.1 Å². The number of aromatic nitrogens is 1. The minimum Gasteiger partial charge on any atom is -0.322 e. The first kappa shape index (κ1) is 12.6. The highest BCUT2D eigenvalue weighted by atomic mass is 35.5. The second-order valence-electron chi connectivity index (χ2n) is 4.34. The van der Waals surface area contributed by atoms with Crippen molar-refractivity contribution in [3.63, 3.8) is 0 Å². The van der Waals surface area contributed by atoms with Crippen LogP contribution in [0, 0.1) is 0 Å². The largest absolute Gasteiger partial charge is 0.322 e. The molecule has 1 amide bonds. The number of anilines is 1. The average molecular weight is 283 g/mol. The molecule has 0 saturated carbocycles. The van der Waals surface area contributed by atoms with Crippen LogP contribution in [0.25, 0.3) is 10.9 Å². The first-order valence-corrected chi connectivity index (χ1v) is 6.52. The molecule has 1 heterocycles. The minimum atomic E-state index is -0.175. The molecule has 2 aromatic carbocycles. The fourth-order valence-corrected chi connectivity index (χ4v) is 2.25. The Morgan fingerprint density at radius 2 is 1.90 bits per heavy atom. The molecule has 20 heavy (non-hydrogen) atoms. The third kappa shape index (κ3) is 2.49. The average Bonchev–Trinajstić information content (AvgIpc) is 2.46. The Morgan fingerprint density at radius 1 is 1.05 bits per heavy atom. The summed E-state index contributed by atoms with van der Waals surface area (Å²) in [6, 6.07) is 16.3. The Hall–Kier alpha value is -2.39. The van der Waals surface area contributed by atoms with E-state index in [1.54, 1.807) is 36.5 Å². The third-order valence-electron chi connectivity index (χ3n) is 2.98. The molecule has 1 N–H and O–H groups in total. The number of pyridine rings is 1. The number of halogens is 1. The Morgan fingerprint density at radius 3 is 2.75 bits per heavy atom. The fourth-order valence-electron chi connectivity index (χ4n) is 2.06. The molecular weight excluding hydrogens is 272 g/mol. The van der Waals surface area contributed by atoms with Gasteiger partial charge in [-0.1, -0.05) is 35.9 Å². The van der Waals surface area contributed by atoms with E-state index in [0.29, 0.717) is 16.3 Å². The van der Waals surface area contributed by atoms with Crippen molar-refractivity contribution in [2.45, 2.75) is 0 Å². The molecule has 0 aliphatic rings. The van der Waals surface area contributed by atoms with E-state index in [1.807, 2.05) is 24.3 Å². The van der Waals surface area contributed by atoms with Gasteiger partial charge in [-0.3, -0.25) is 9.78 Å². The number of nitrogens with one attached hydrogen (secondary N) is 1. The number of nitrogens with zero attached hydrogens (tertiary/aromatic N) is 1. The van der Waals surface area contributed by atoms with Gasteiger partial charge in [0.1, 0.15) is 0 Å². The molecule has 0 aliphatic heterocycles. The monoisotopic (exact) mass is 282 g/mol. The zero-order chi connectivity index (χ0) is 13.9. The van der Waals surface area contributed by atoms with Gasteiger partial charge in [0.25, 0.3) is 5.91 Å². The number of para-hydroxylation sites is 1. The van der Waals surface area contributed by atoms with Gasteiger partial charge in [-0.25, -0.2) is 0 Å². The molecule has 0 bridgehead atoms. The molecule has 0 unspecified atom stereocenters. The van der Waals surface area contributed by atoms with E-state index >= 15 is 0 Å². The summed E-state index contributed by atoms with van der Waals surface area (Å²) in [4.78, 5) is 16.6. The van der Waals surface area contributed by atoms with Gasteiger partial charge in [0, 0.05) is 22.3 Å². The van der Waals surface area contributed by atoms with Crippen LogP contribution in [-0.2, 0) is 0 Å². The van der Waals surface area contributed by atoms with Gasteiger partial charge < -0.3 is 5.32 Å². The Labute approximate surface area is 121 Å². The van der Waals surface area contributed by atoms with Crippen LogP contribution in [-0.4, -0.2) is 10.9 Å². The van der Waals surface area contributed by atoms with Crippen LogP contribution in [0.1, 0.15) is 10.4 Å². The predicted molar refractivity (Wildman–Crippen MR) is 81.1 cm³/mol. The van der Waals surface area contributed by atoms with Crippen molar-refractivity contribution < 1.29 is 4.79 Å². The van der Waals surface area contributed by atoms with Crippen LogP contribution in [0.5, 0.6) is 0 Å². The summed E-state index contributed by atoms with van der Waals surface area (Å²) in [6.07, 6.45) is 1.63. The van der Waals surface area contributed by atoms with E-state index in [9.17, 15) is 4.79 Å². The SMILES string of the molecule is O=C(Nc1cccc(Cl)c1)c1ccnc2ccccc12. The Balaban J connectivity index is 1.97. The molecular formula is C16H11ClN2O. The van der Waals surface area contributed by atoms with Crippen LogP contribution >= 0.6 is 11.6 Å². The van der Waals surface area contributed by atoms with Crippen molar-refractivity contribution in [2.24, 2.45) is 0 Å². The Bertz CT molecular complexity index is 781. The molecule has 0 atom stereocenters. The van der Waals surface area contributed by atoms with Gasteiger partial charge in [0.15, 0.2) is 0 Å². The number of hydrogen-bond acceptors (Lipinski definition) is 2. The highest BCUT2D eigenvalue weighted by Gasteiger charge is 2.10. The molecule has 0 aliphatic carbocycles. The van der Waals surface area contributed by atoms with E-state index in [-0.39, 0.29) is 5.91 Å². The lowest BCUT2D eigenvalue weighted by Crippen LogP contribution is -2.12. The molecule has 0 saturated heterocycles. The van der Waals surface area contributed by atoms with E-state index < -0.39 is 0 Å². The zero-order valence-electron chi connectivity index (χ0n) is 10.5. The van der Waals surface area contributed by atoms with E-state index in [0.717, 1.165) is 10.9 Å². The van der Waals surface area contributed by atoms with Crippen LogP contribution in [0.4, 0.5) is 5.69 Å². The van der Waals surface area contributed by atoms with Crippen LogP contribution in [0.3, 0.4) is 0 Å². The van der Waals surface area contributed by atoms with Crippen molar-refractivity contribution in [1.82, 2.24) is 4.98 Å². The van der Waals surface area contributed by atoms with Crippen LogP contribution in [0.2, 0.25) is 5.02 Å². The number of carbonyl (C=O) groups excluding carboxylic acids is 1. The molecule has 3 nitrogen and oxygen atoms in total. The topological polar surface area (TPSA) is 42.0 Å². The highest BCUT2D eigenvalue weighted by Crippen LogP contribution is 2.19. The lowest BCUT2D eigenvalue weighted by atomic mass is 10.1. The number of fused-ring (bicyclic) bond motifs is 1. The molecule has 0 spiro atoms. The van der Waals surface area contributed by atoms with Crippen molar-refractivity contribution >= 4 is 34.1 Å². The third-order valence-corrected chi connectivity index (χ3v) is 3.21. The molecule has 0 radical (unpaired) electrons. The molecule has 1 aromatic heterocycles. The standard InChI is InChI=1S/C16H11ClN2O/c17-11-4-3-5-12(10-11)19-16(20)14-8-9-18-15-7-2-1-6-13(14)15/h1-10H,(H,19,20). The molecule has 98 valence electrons. The normalized spacial score (nSPS) is 10.4. The first-order chi connectivity index (χ1) is 9.74. The smallest absolute Gasteiger partial charge is 0.256 e. The molecule has 3 aromatic rings. The summed E-state index contributed by atoms with van der Waals surface area (Å²) in [5.74, 6) is -0.175. The predicted octanol–water partition coefficient (Wildman–Crippen LogP) is 4.14. The van der Waals surface area contributed by atoms with E-state index in [4.69, 9.17) is 11.6 Å². The van der Waals surface area contributed by atoms with Crippen molar-refractivity contribution in [2.75, 3.05) is 5.32 Å². The summed E-state index contributed by atoms with van der Waals surface area (Å²) >= 11 is 5.91. The van der Waals surface area contributed by atoms with Crippen molar-refractivity contribution in [1.29, 1.82) is 0 Å². The summed E-state index contributed by atoms with van der Waals surface area (Å²) in [7, 11) is 0. The zero-order valence-corrected chi connectivity index (χ0v) is 11.3. The molecule has 3 rings (SSSR count). The maximum absolute atomic E-state index is 12.4. The number of amides is 1. The van der Waals surface area contributed by atoms with Crippen LogP contribution < -0.4 is 5.32 Å². The van der Waals surface area contributed by atoms with Gasteiger partial charge in [-0.05, 0) is 30.3 Å². The maximum Gasteiger partial charge on any atom is 0.256 e. The van der Waals surface area contributed by atoms with Gasteiger partial charge in [0.2, 0.25) is 0 Å². The maximum atomic E-state index is 12.4. The summed E-state index contributed by atoms with van der Waals surface area (Å²) < 4.78 is 0. The van der Waals surface area contributed by atoms with E-state index in [1.165, 1.54) is 0 Å². The second-order valence-corrected chi connectivity index (χ2v) is 4.78. The quantitative estimate of drug-likeness (QED) is 0.767. The van der Waals surface area contributed by atoms with Gasteiger partial charge in [-0.15, -0.1) is 0 Å². The fraction of sp³-hybridized carbons (Fsp3) is 0. The summed E-state index contributed by atoms with van der Waals surface area (Å²) in [5, 5.41) is 4.25. The number of rotatable bonds is 2. The van der Waals surface area contributed by atoms with E-state index in [2.05, 4.69) is 10.3 Å². The second kappa shape index (κ2) is 5.31. The first-order valence-electron chi connectivity index (χ1n) is 6.15. The number of hydrogen-bond donors (Lipinski definition) is 1. The van der Waals surface area contributed by atoms with Crippen molar-refractivity contribution in [3.05, 3.63) is 71.4 Å². The lowest BCUT2D eigenvalue weighted by molar-refractivity contribution is 0.102. The van der Waals surface area contributed by atoms with Crippen molar-refractivity contribution in [3.8, 4) is 0 Å². The minimum absolute atomic E-state index is 0.175. The van der Waals surface area contributed by atoms with Gasteiger partial charge >= 0.3 is 0 Å². The Kier molecular flexibility index (Phi) is 3.35. The molecule has 4 heteroatoms. The number of carbonyl (C=O) groups is 1. The lowest BCUT2D eigenvalue weighted by Gasteiger charge is -2.07. The van der Waals surface area contributed by atoms with Gasteiger partial charge in [-0.2, -0.15) is 0 Å². The van der Waals surface area contributed by atoms with Crippen LogP contribution in [0.15, 0.2) is 60.8 Å². The number of benzene rings is 2. The highest BCUT2D eigenvalue weighted by molar-refractivity contribution is 6.31. The summed E-state index contributed by atoms with van der Waals surface area (Å²) in [6.45, 7) is 0. The summed E-state index contributed by atoms with van der Waals surface area (Å²) in [5.41, 5.74) is 2.06. The molecule has 0 fully saturated rings.